The lowest BCUT2D eigenvalue weighted by Crippen LogP contribution is -2.47. The normalized spacial score (nSPS) is 40.5. The Morgan fingerprint density at radius 3 is 2.53 bits per heavy atom. The fourth-order valence-corrected chi connectivity index (χ4v) is 1.34. The van der Waals surface area contributed by atoms with Crippen molar-refractivity contribution in [3.8, 4) is 0 Å². The van der Waals surface area contributed by atoms with E-state index in [0.29, 0.717) is 0 Å². The molecule has 1 aliphatic rings. The number of carbonyl (C=O) groups is 1. The van der Waals surface area contributed by atoms with Crippen molar-refractivity contribution >= 4 is 5.97 Å². The first kappa shape index (κ1) is 12.3. The van der Waals surface area contributed by atoms with E-state index in [-0.39, 0.29) is 0 Å². The zero-order valence-electron chi connectivity index (χ0n) is 8.16. The van der Waals surface area contributed by atoms with Crippen LogP contribution in [0.15, 0.2) is 0 Å². The third-order valence-electron chi connectivity index (χ3n) is 2.18. The van der Waals surface area contributed by atoms with Crippen molar-refractivity contribution in [1.82, 2.24) is 0 Å². The molecule has 7 heteroatoms. The number of esters is 1. The lowest BCUT2D eigenvalue weighted by atomic mass is 10.1. The van der Waals surface area contributed by atoms with Crippen LogP contribution in [0, 0.1) is 0 Å². The van der Waals surface area contributed by atoms with Crippen LogP contribution in [0.25, 0.3) is 0 Å². The van der Waals surface area contributed by atoms with Crippen molar-refractivity contribution in [2.24, 2.45) is 0 Å². The molecule has 0 bridgehead atoms. The summed E-state index contributed by atoms with van der Waals surface area (Å²) in [5, 5.41) is 37.1. The fourth-order valence-electron chi connectivity index (χ4n) is 1.34. The lowest BCUT2D eigenvalue weighted by Gasteiger charge is -2.24. The van der Waals surface area contributed by atoms with Gasteiger partial charge >= 0.3 is 5.97 Å². The zero-order chi connectivity index (χ0) is 11.6. The van der Waals surface area contributed by atoms with E-state index in [0.717, 1.165) is 6.92 Å². The van der Waals surface area contributed by atoms with Crippen LogP contribution in [0.5, 0.6) is 0 Å². The maximum absolute atomic E-state index is 10.5. The van der Waals surface area contributed by atoms with E-state index < -0.39 is 43.3 Å². The maximum Gasteiger partial charge on any atom is 0.302 e. The van der Waals surface area contributed by atoms with Crippen LogP contribution in [0.1, 0.15) is 6.92 Å². The Hall–Kier alpha value is -0.730. The molecule has 0 saturated carbocycles. The van der Waals surface area contributed by atoms with E-state index in [9.17, 15) is 20.1 Å². The Kier molecular flexibility index (Phi) is 3.63. The van der Waals surface area contributed by atoms with Gasteiger partial charge in [0.1, 0.15) is 24.9 Å². The van der Waals surface area contributed by atoms with Crippen molar-refractivity contribution in [2.75, 3.05) is 13.2 Å². The smallest absolute Gasteiger partial charge is 0.302 e. The van der Waals surface area contributed by atoms with Gasteiger partial charge in [-0.05, 0) is 0 Å². The van der Waals surface area contributed by atoms with Gasteiger partial charge in [-0.25, -0.2) is 0 Å². The summed E-state index contributed by atoms with van der Waals surface area (Å²) in [5.41, 5.74) is 0. The Morgan fingerprint density at radius 2 is 2.13 bits per heavy atom. The average Bonchev–Trinajstić information content (AvgIpc) is 2.41. The molecule has 0 radical (unpaired) electrons. The van der Waals surface area contributed by atoms with Gasteiger partial charge in [0.2, 0.25) is 5.79 Å². The first-order valence-corrected chi connectivity index (χ1v) is 4.41. The SMILES string of the molecule is CC(=O)OC[C@@]1(O)OC(CO)C(O)C1O. The molecule has 88 valence electrons. The van der Waals surface area contributed by atoms with Crippen molar-refractivity contribution in [1.29, 1.82) is 0 Å². The maximum atomic E-state index is 10.5. The summed E-state index contributed by atoms with van der Waals surface area (Å²) < 4.78 is 9.28. The quantitative estimate of drug-likeness (QED) is 0.385. The molecule has 3 unspecified atom stereocenters. The number of hydrogen-bond donors (Lipinski definition) is 4. The summed E-state index contributed by atoms with van der Waals surface area (Å²) in [5.74, 6) is -2.82. The molecule has 0 amide bonds. The van der Waals surface area contributed by atoms with Crippen molar-refractivity contribution in [3.05, 3.63) is 0 Å². The van der Waals surface area contributed by atoms with Gasteiger partial charge in [0, 0.05) is 6.92 Å². The third kappa shape index (κ3) is 2.44. The second-order valence-electron chi connectivity index (χ2n) is 3.40. The van der Waals surface area contributed by atoms with Crippen molar-refractivity contribution < 1.29 is 34.7 Å². The minimum atomic E-state index is -2.17. The number of rotatable bonds is 3. The molecule has 4 N–H and O–H groups in total. The van der Waals surface area contributed by atoms with Crippen LogP contribution in [0.3, 0.4) is 0 Å². The molecule has 1 rings (SSSR count). The molecule has 1 aliphatic heterocycles. The number of carbonyl (C=O) groups excluding carboxylic acids is 1. The molecule has 0 aromatic rings. The van der Waals surface area contributed by atoms with Crippen molar-refractivity contribution in [2.45, 2.75) is 31.0 Å². The van der Waals surface area contributed by atoms with Gasteiger partial charge < -0.3 is 29.9 Å². The van der Waals surface area contributed by atoms with Gasteiger partial charge in [-0.15, -0.1) is 0 Å². The number of ether oxygens (including phenoxy) is 2. The standard InChI is InChI=1S/C8H14O7/c1-4(10)14-3-8(13)7(12)6(11)5(2-9)15-8/h5-7,9,11-13H,2-3H2,1H3/t5?,6?,7?,8-/m1/s1. The second kappa shape index (κ2) is 4.42. The average molecular weight is 222 g/mol. The van der Waals surface area contributed by atoms with Gasteiger partial charge in [0.15, 0.2) is 0 Å². The Bertz CT molecular complexity index is 243. The van der Waals surface area contributed by atoms with Gasteiger partial charge in [-0.3, -0.25) is 4.79 Å². The van der Waals surface area contributed by atoms with Gasteiger partial charge in [0.25, 0.3) is 0 Å². The van der Waals surface area contributed by atoms with E-state index >= 15 is 0 Å². The molecule has 0 spiro atoms. The molecular formula is C8H14O7. The molecule has 1 fully saturated rings. The first-order valence-electron chi connectivity index (χ1n) is 4.41. The molecule has 4 atom stereocenters. The summed E-state index contributed by atoms with van der Waals surface area (Å²) in [6.07, 6.45) is -4.15. The first-order chi connectivity index (χ1) is 6.90. The van der Waals surface area contributed by atoms with E-state index in [2.05, 4.69) is 4.74 Å². The third-order valence-corrected chi connectivity index (χ3v) is 2.18. The van der Waals surface area contributed by atoms with Crippen LogP contribution in [0.4, 0.5) is 0 Å². The summed E-state index contributed by atoms with van der Waals surface area (Å²) in [4.78, 5) is 10.5. The monoisotopic (exact) mass is 222 g/mol. The second-order valence-corrected chi connectivity index (χ2v) is 3.40. The Balaban J connectivity index is 2.64. The largest absolute Gasteiger partial charge is 0.460 e. The van der Waals surface area contributed by atoms with Crippen LogP contribution >= 0.6 is 0 Å². The summed E-state index contributed by atoms with van der Waals surface area (Å²) >= 11 is 0. The molecule has 0 aromatic carbocycles. The summed E-state index contributed by atoms with van der Waals surface area (Å²) in [7, 11) is 0. The van der Waals surface area contributed by atoms with E-state index in [1.54, 1.807) is 0 Å². The highest BCUT2D eigenvalue weighted by atomic mass is 16.7. The minimum absolute atomic E-state index is 0.555. The summed E-state index contributed by atoms with van der Waals surface area (Å²) in [6, 6.07) is 0. The molecule has 0 aromatic heterocycles. The molecular weight excluding hydrogens is 208 g/mol. The van der Waals surface area contributed by atoms with E-state index in [4.69, 9.17) is 9.84 Å². The Labute approximate surface area is 85.9 Å². The van der Waals surface area contributed by atoms with Crippen molar-refractivity contribution in [3.63, 3.8) is 0 Å². The highest BCUT2D eigenvalue weighted by Gasteiger charge is 2.53. The Morgan fingerprint density at radius 1 is 1.53 bits per heavy atom. The van der Waals surface area contributed by atoms with E-state index in [1.807, 2.05) is 0 Å². The molecule has 1 saturated heterocycles. The summed E-state index contributed by atoms with van der Waals surface area (Å²) in [6.45, 7) is -0.0255. The van der Waals surface area contributed by atoms with E-state index in [1.165, 1.54) is 0 Å². The molecule has 0 aliphatic carbocycles. The number of hydrogen-bond acceptors (Lipinski definition) is 7. The number of aliphatic hydroxyl groups is 4. The molecule has 15 heavy (non-hydrogen) atoms. The predicted molar refractivity (Wildman–Crippen MR) is 45.6 cm³/mol. The highest BCUT2D eigenvalue weighted by molar-refractivity contribution is 5.65. The van der Waals surface area contributed by atoms with Gasteiger partial charge in [0.05, 0.1) is 6.61 Å². The minimum Gasteiger partial charge on any atom is -0.460 e. The molecule has 1 heterocycles. The van der Waals surface area contributed by atoms with Crippen LogP contribution in [-0.4, -0.2) is 63.7 Å². The van der Waals surface area contributed by atoms with Crippen LogP contribution in [0.2, 0.25) is 0 Å². The topological polar surface area (TPSA) is 116 Å². The van der Waals surface area contributed by atoms with Crippen LogP contribution in [-0.2, 0) is 14.3 Å². The number of aliphatic hydroxyl groups excluding tert-OH is 3. The van der Waals surface area contributed by atoms with Gasteiger partial charge in [-0.1, -0.05) is 0 Å². The van der Waals surface area contributed by atoms with Crippen LogP contribution < -0.4 is 0 Å². The fraction of sp³-hybridized carbons (Fsp3) is 0.875. The molecule has 7 nitrogen and oxygen atoms in total. The van der Waals surface area contributed by atoms with Gasteiger partial charge in [-0.2, -0.15) is 0 Å². The lowest BCUT2D eigenvalue weighted by molar-refractivity contribution is -0.252. The highest BCUT2D eigenvalue weighted by Crippen LogP contribution is 2.29. The predicted octanol–water partition coefficient (Wildman–Crippen LogP) is -2.65. The zero-order valence-corrected chi connectivity index (χ0v) is 8.16.